The van der Waals surface area contributed by atoms with Gasteiger partial charge >= 0.3 is 0 Å². The van der Waals surface area contributed by atoms with Crippen LogP contribution in [0.4, 0.5) is 11.4 Å². The first-order chi connectivity index (χ1) is 10.1. The Morgan fingerprint density at radius 2 is 2.29 bits per heavy atom. The van der Waals surface area contributed by atoms with Crippen LogP contribution in [0, 0.1) is 17.0 Å². The van der Waals surface area contributed by atoms with Crippen molar-refractivity contribution in [2.75, 3.05) is 16.8 Å². The quantitative estimate of drug-likeness (QED) is 0.690. The van der Waals surface area contributed by atoms with Gasteiger partial charge in [0.05, 0.1) is 10.4 Å². The lowest BCUT2D eigenvalue weighted by molar-refractivity contribution is -0.384. The zero-order valence-electron chi connectivity index (χ0n) is 11.8. The zero-order chi connectivity index (χ0) is 14.8. The number of fused-ring (bicyclic) bond motifs is 1. The SMILES string of the molecule is Cc1cc(NC2CCCSC2)c2cc([N+](=O)[O-])ccc2n1. The summed E-state index contributed by atoms with van der Waals surface area (Å²) < 4.78 is 0. The highest BCUT2D eigenvalue weighted by atomic mass is 32.2. The van der Waals surface area contributed by atoms with Crippen LogP contribution in [0.15, 0.2) is 24.3 Å². The Labute approximate surface area is 127 Å². The number of anilines is 1. The van der Waals surface area contributed by atoms with E-state index in [0.717, 1.165) is 34.5 Å². The van der Waals surface area contributed by atoms with Crippen molar-refractivity contribution in [2.45, 2.75) is 25.8 Å². The first-order valence-electron chi connectivity index (χ1n) is 7.03. The fourth-order valence-electron chi connectivity index (χ4n) is 2.65. The molecule has 110 valence electrons. The van der Waals surface area contributed by atoms with E-state index in [1.165, 1.54) is 18.2 Å². The van der Waals surface area contributed by atoms with Crippen LogP contribution in [0.5, 0.6) is 0 Å². The Bertz CT molecular complexity index is 684. The lowest BCUT2D eigenvalue weighted by Crippen LogP contribution is -2.25. The average Bonchev–Trinajstić information content (AvgIpc) is 2.47. The van der Waals surface area contributed by atoms with E-state index in [9.17, 15) is 10.1 Å². The Kier molecular flexibility index (Phi) is 3.96. The van der Waals surface area contributed by atoms with E-state index in [1.807, 2.05) is 24.8 Å². The number of nitrogens with one attached hydrogen (secondary N) is 1. The fourth-order valence-corrected chi connectivity index (χ4v) is 3.73. The second kappa shape index (κ2) is 5.89. The van der Waals surface area contributed by atoms with Gasteiger partial charge in [-0.25, -0.2) is 0 Å². The van der Waals surface area contributed by atoms with Crippen molar-refractivity contribution < 1.29 is 4.92 Å². The van der Waals surface area contributed by atoms with E-state index in [0.29, 0.717) is 6.04 Å². The summed E-state index contributed by atoms with van der Waals surface area (Å²) in [5.74, 6) is 2.30. The van der Waals surface area contributed by atoms with Gasteiger partial charge in [-0.15, -0.1) is 0 Å². The molecule has 1 aliphatic rings. The Morgan fingerprint density at radius 1 is 1.43 bits per heavy atom. The summed E-state index contributed by atoms with van der Waals surface area (Å²) in [5, 5.41) is 15.3. The molecule has 2 heterocycles. The van der Waals surface area contributed by atoms with Crippen LogP contribution >= 0.6 is 11.8 Å². The number of nitro benzene ring substituents is 1. The Balaban J connectivity index is 2.01. The molecule has 0 aliphatic carbocycles. The number of nitrogens with zero attached hydrogens (tertiary/aromatic N) is 2. The van der Waals surface area contributed by atoms with Gasteiger partial charge in [-0.2, -0.15) is 11.8 Å². The highest BCUT2D eigenvalue weighted by molar-refractivity contribution is 7.99. The maximum Gasteiger partial charge on any atom is 0.270 e. The van der Waals surface area contributed by atoms with E-state index < -0.39 is 0 Å². The molecule has 0 spiro atoms. The number of aromatic nitrogens is 1. The molecule has 0 amide bonds. The summed E-state index contributed by atoms with van der Waals surface area (Å²) in [5.41, 5.74) is 2.77. The van der Waals surface area contributed by atoms with Crippen LogP contribution in [0.25, 0.3) is 10.9 Å². The number of non-ortho nitro benzene ring substituents is 1. The first-order valence-corrected chi connectivity index (χ1v) is 8.19. The van der Waals surface area contributed by atoms with Gasteiger partial charge in [0, 0.05) is 40.7 Å². The van der Waals surface area contributed by atoms with Gasteiger partial charge in [0.2, 0.25) is 0 Å². The minimum atomic E-state index is -0.362. The number of pyridine rings is 1. The predicted molar refractivity (Wildman–Crippen MR) is 87.1 cm³/mol. The highest BCUT2D eigenvalue weighted by Crippen LogP contribution is 2.29. The minimum Gasteiger partial charge on any atom is -0.381 e. The van der Waals surface area contributed by atoms with E-state index in [1.54, 1.807) is 12.1 Å². The topological polar surface area (TPSA) is 68.1 Å². The lowest BCUT2D eigenvalue weighted by Gasteiger charge is -2.24. The normalized spacial score (nSPS) is 18.6. The summed E-state index contributed by atoms with van der Waals surface area (Å²) in [6.45, 7) is 1.95. The molecule has 0 saturated carbocycles. The van der Waals surface area contributed by atoms with Crippen LogP contribution < -0.4 is 5.32 Å². The molecule has 1 aromatic carbocycles. The average molecular weight is 303 g/mol. The molecule has 1 atom stereocenters. The lowest BCUT2D eigenvalue weighted by atomic mass is 10.1. The summed E-state index contributed by atoms with van der Waals surface area (Å²) in [4.78, 5) is 15.1. The molecule has 0 bridgehead atoms. The van der Waals surface area contributed by atoms with Gasteiger partial charge < -0.3 is 5.32 Å². The minimum absolute atomic E-state index is 0.106. The summed E-state index contributed by atoms with van der Waals surface area (Å²) in [7, 11) is 0. The Hall–Kier alpha value is -1.82. The second-order valence-corrected chi connectivity index (χ2v) is 6.48. The molecule has 6 heteroatoms. The van der Waals surface area contributed by atoms with Crippen LogP contribution in [-0.2, 0) is 0 Å². The monoisotopic (exact) mass is 303 g/mol. The van der Waals surface area contributed by atoms with Gasteiger partial charge in [0.25, 0.3) is 5.69 Å². The molecule has 1 unspecified atom stereocenters. The number of rotatable bonds is 3. The van der Waals surface area contributed by atoms with E-state index in [2.05, 4.69) is 10.3 Å². The van der Waals surface area contributed by atoms with Crippen molar-refractivity contribution in [1.82, 2.24) is 4.98 Å². The largest absolute Gasteiger partial charge is 0.381 e. The molecule has 3 rings (SSSR count). The molecule has 1 aliphatic heterocycles. The summed E-state index contributed by atoms with van der Waals surface area (Å²) >= 11 is 1.95. The molecule has 5 nitrogen and oxygen atoms in total. The highest BCUT2D eigenvalue weighted by Gasteiger charge is 2.16. The molecular formula is C15H17N3O2S. The van der Waals surface area contributed by atoms with Gasteiger partial charge in [0.1, 0.15) is 0 Å². The van der Waals surface area contributed by atoms with Gasteiger partial charge in [-0.05, 0) is 37.7 Å². The Morgan fingerprint density at radius 3 is 3.00 bits per heavy atom. The third kappa shape index (κ3) is 3.10. The molecule has 0 radical (unpaired) electrons. The first kappa shape index (κ1) is 14.1. The van der Waals surface area contributed by atoms with Crippen molar-refractivity contribution in [3.63, 3.8) is 0 Å². The molecule has 21 heavy (non-hydrogen) atoms. The van der Waals surface area contributed by atoms with Crippen molar-refractivity contribution in [1.29, 1.82) is 0 Å². The molecule has 1 saturated heterocycles. The summed E-state index contributed by atoms with van der Waals surface area (Å²) in [6, 6.07) is 7.25. The number of hydrogen-bond donors (Lipinski definition) is 1. The smallest absolute Gasteiger partial charge is 0.270 e. The van der Waals surface area contributed by atoms with Crippen molar-refractivity contribution in [3.05, 3.63) is 40.1 Å². The van der Waals surface area contributed by atoms with Crippen molar-refractivity contribution in [3.8, 4) is 0 Å². The van der Waals surface area contributed by atoms with E-state index >= 15 is 0 Å². The number of benzene rings is 1. The fraction of sp³-hybridized carbons (Fsp3) is 0.400. The maximum absolute atomic E-state index is 11.0. The molecule has 1 fully saturated rings. The third-order valence-electron chi connectivity index (χ3n) is 3.65. The van der Waals surface area contributed by atoms with Crippen molar-refractivity contribution in [2.24, 2.45) is 0 Å². The van der Waals surface area contributed by atoms with Crippen LogP contribution in [0.1, 0.15) is 18.5 Å². The van der Waals surface area contributed by atoms with Crippen LogP contribution in [-0.4, -0.2) is 27.5 Å². The number of nitro groups is 1. The number of aryl methyl sites for hydroxylation is 1. The third-order valence-corrected chi connectivity index (χ3v) is 4.87. The second-order valence-electron chi connectivity index (χ2n) is 5.33. The maximum atomic E-state index is 11.0. The molecular weight excluding hydrogens is 286 g/mol. The van der Waals surface area contributed by atoms with Gasteiger partial charge in [0.15, 0.2) is 0 Å². The molecule has 1 N–H and O–H groups in total. The zero-order valence-corrected chi connectivity index (χ0v) is 12.7. The number of hydrogen-bond acceptors (Lipinski definition) is 5. The van der Waals surface area contributed by atoms with Crippen molar-refractivity contribution >= 4 is 34.0 Å². The summed E-state index contributed by atoms with van der Waals surface area (Å²) in [6.07, 6.45) is 2.36. The standard InChI is InChI=1S/C15H17N3O2S/c1-10-7-15(17-11-3-2-6-21-9-11)13-8-12(18(19)20)4-5-14(13)16-10/h4-5,7-8,11H,2-3,6,9H2,1H3,(H,16,17). The van der Waals surface area contributed by atoms with E-state index in [4.69, 9.17) is 0 Å². The number of thioether (sulfide) groups is 1. The van der Waals surface area contributed by atoms with Crippen LogP contribution in [0.3, 0.4) is 0 Å². The van der Waals surface area contributed by atoms with Gasteiger partial charge in [-0.1, -0.05) is 0 Å². The molecule has 1 aromatic heterocycles. The van der Waals surface area contributed by atoms with Gasteiger partial charge in [-0.3, -0.25) is 15.1 Å². The van der Waals surface area contributed by atoms with Crippen LogP contribution in [0.2, 0.25) is 0 Å². The van der Waals surface area contributed by atoms with E-state index in [-0.39, 0.29) is 10.6 Å². The molecule has 2 aromatic rings. The predicted octanol–water partition coefficient (Wildman–Crippen LogP) is 3.76.